The van der Waals surface area contributed by atoms with Crippen LogP contribution in [0.1, 0.15) is 23.2 Å². The minimum atomic E-state index is -4.00. The second kappa shape index (κ2) is 7.99. The second-order valence-corrected chi connectivity index (χ2v) is 9.09. The largest absolute Gasteiger partial charge is 0.338 e. The molecule has 1 saturated heterocycles. The van der Waals surface area contributed by atoms with E-state index in [4.69, 9.17) is 0 Å². The molecule has 0 unspecified atom stereocenters. The van der Waals surface area contributed by atoms with E-state index in [-0.39, 0.29) is 22.1 Å². The van der Waals surface area contributed by atoms with Crippen molar-refractivity contribution in [3.8, 4) is 0 Å². The fraction of sp³-hybridized carbons (Fsp3) is 0.182. The first-order chi connectivity index (χ1) is 14.7. The maximum absolute atomic E-state index is 13.1. The predicted molar refractivity (Wildman–Crippen MR) is 116 cm³/mol. The molecule has 160 valence electrons. The molecule has 9 heteroatoms. The summed E-state index contributed by atoms with van der Waals surface area (Å²) in [7, 11) is -4.00. The number of aromatic amines is 1. The molecule has 31 heavy (non-hydrogen) atoms. The SMILES string of the molecule is C=C1CCN(C(=O)c2cc(=O)[nH]c3ccc(S(=O)(=O)Nc4ccc(F)cc4)cc23)CC1. The third-order valence-electron chi connectivity index (χ3n) is 5.21. The number of rotatable bonds is 4. The van der Waals surface area contributed by atoms with E-state index in [2.05, 4.69) is 16.3 Å². The molecule has 2 heterocycles. The third kappa shape index (κ3) is 4.36. The van der Waals surface area contributed by atoms with Gasteiger partial charge in [-0.2, -0.15) is 0 Å². The molecule has 3 aromatic rings. The summed E-state index contributed by atoms with van der Waals surface area (Å²) in [5, 5.41) is 0.330. The number of piperidine rings is 1. The van der Waals surface area contributed by atoms with E-state index < -0.39 is 21.4 Å². The van der Waals surface area contributed by atoms with Crippen molar-refractivity contribution >= 4 is 32.5 Å². The van der Waals surface area contributed by atoms with Gasteiger partial charge in [0.2, 0.25) is 5.56 Å². The van der Waals surface area contributed by atoms with Gasteiger partial charge in [0.15, 0.2) is 0 Å². The van der Waals surface area contributed by atoms with Gasteiger partial charge in [-0.3, -0.25) is 14.3 Å². The van der Waals surface area contributed by atoms with Gasteiger partial charge in [-0.25, -0.2) is 12.8 Å². The van der Waals surface area contributed by atoms with Crippen molar-refractivity contribution in [1.29, 1.82) is 0 Å². The van der Waals surface area contributed by atoms with Gasteiger partial charge in [0.1, 0.15) is 5.82 Å². The zero-order valence-corrected chi connectivity index (χ0v) is 17.3. The van der Waals surface area contributed by atoms with Crippen LogP contribution in [0.15, 0.2) is 70.4 Å². The van der Waals surface area contributed by atoms with Crippen molar-refractivity contribution in [3.63, 3.8) is 0 Å². The molecular weight excluding hydrogens is 421 g/mol. The first-order valence-corrected chi connectivity index (χ1v) is 11.1. The summed E-state index contributed by atoms with van der Waals surface area (Å²) in [6.07, 6.45) is 1.38. The van der Waals surface area contributed by atoms with Crippen LogP contribution in [0.25, 0.3) is 10.9 Å². The van der Waals surface area contributed by atoms with Crippen LogP contribution in [0.4, 0.5) is 10.1 Å². The first kappa shape index (κ1) is 20.8. The Bertz CT molecular complexity index is 1340. The Hall–Kier alpha value is -3.46. The Morgan fingerprint density at radius 3 is 2.42 bits per heavy atom. The molecule has 0 atom stereocenters. The molecule has 1 aliphatic heterocycles. The van der Waals surface area contributed by atoms with Gasteiger partial charge in [-0.1, -0.05) is 12.2 Å². The molecular formula is C22H20FN3O4S. The van der Waals surface area contributed by atoms with Crippen molar-refractivity contribution in [1.82, 2.24) is 9.88 Å². The van der Waals surface area contributed by atoms with Crippen LogP contribution in [0.3, 0.4) is 0 Å². The van der Waals surface area contributed by atoms with Crippen LogP contribution in [0, 0.1) is 5.82 Å². The highest BCUT2D eigenvalue weighted by molar-refractivity contribution is 7.92. The first-order valence-electron chi connectivity index (χ1n) is 9.64. The van der Waals surface area contributed by atoms with E-state index in [0.717, 1.165) is 17.7 Å². The Balaban J connectivity index is 1.74. The van der Waals surface area contributed by atoms with Crippen LogP contribution in [0.5, 0.6) is 0 Å². The lowest BCUT2D eigenvalue weighted by molar-refractivity contribution is 0.0745. The maximum atomic E-state index is 13.1. The molecule has 1 aromatic heterocycles. The molecule has 2 N–H and O–H groups in total. The average Bonchev–Trinajstić information content (AvgIpc) is 2.74. The molecule has 0 radical (unpaired) electrons. The molecule has 0 saturated carbocycles. The summed E-state index contributed by atoms with van der Waals surface area (Å²) in [5.41, 5.74) is 1.33. The number of likely N-dealkylation sites (tertiary alicyclic amines) is 1. The summed E-state index contributed by atoms with van der Waals surface area (Å²) in [4.78, 5) is 29.4. The summed E-state index contributed by atoms with van der Waals surface area (Å²) >= 11 is 0. The van der Waals surface area contributed by atoms with Gasteiger partial charge >= 0.3 is 0 Å². The maximum Gasteiger partial charge on any atom is 0.261 e. The van der Waals surface area contributed by atoms with Gasteiger partial charge in [-0.15, -0.1) is 0 Å². The van der Waals surface area contributed by atoms with Crippen molar-refractivity contribution in [2.45, 2.75) is 17.7 Å². The minimum absolute atomic E-state index is 0.0857. The van der Waals surface area contributed by atoms with Gasteiger partial charge < -0.3 is 9.88 Å². The highest BCUT2D eigenvalue weighted by Crippen LogP contribution is 2.24. The number of benzene rings is 2. The molecule has 1 aliphatic rings. The van der Waals surface area contributed by atoms with E-state index in [1.165, 1.54) is 36.4 Å². The lowest BCUT2D eigenvalue weighted by atomic mass is 10.0. The van der Waals surface area contributed by atoms with Crippen LogP contribution < -0.4 is 10.3 Å². The number of halogens is 1. The number of fused-ring (bicyclic) bond motifs is 1. The minimum Gasteiger partial charge on any atom is -0.338 e. The monoisotopic (exact) mass is 441 g/mol. The van der Waals surface area contributed by atoms with Crippen LogP contribution >= 0.6 is 0 Å². The predicted octanol–water partition coefficient (Wildman–Crippen LogP) is 3.26. The third-order valence-corrected chi connectivity index (χ3v) is 6.59. The summed E-state index contributed by atoms with van der Waals surface area (Å²) in [5.74, 6) is -0.813. The van der Waals surface area contributed by atoms with Gasteiger partial charge in [0.25, 0.3) is 15.9 Å². The standard InChI is InChI=1S/C22H20FN3O4S/c1-14-8-10-26(11-9-14)22(28)19-13-21(27)24-20-7-6-17(12-18(19)20)31(29,30)25-16-4-2-15(23)3-5-16/h2-7,12-13,25H,1,8-11H2,(H,24,27). The molecule has 2 aromatic carbocycles. The van der Waals surface area contributed by atoms with E-state index in [9.17, 15) is 22.4 Å². The zero-order valence-electron chi connectivity index (χ0n) is 16.5. The number of hydrogen-bond acceptors (Lipinski definition) is 4. The molecule has 7 nitrogen and oxygen atoms in total. The lowest BCUT2D eigenvalue weighted by Crippen LogP contribution is -2.36. The summed E-state index contributed by atoms with van der Waals surface area (Å²) in [6.45, 7) is 4.93. The van der Waals surface area contributed by atoms with Crippen LogP contribution in [0.2, 0.25) is 0 Å². The Labute approximate surface area is 178 Å². The zero-order chi connectivity index (χ0) is 22.2. The number of H-pyrrole nitrogens is 1. The van der Waals surface area contributed by atoms with Crippen molar-refractivity contribution < 1.29 is 17.6 Å². The Kier molecular flexibility index (Phi) is 5.36. The van der Waals surface area contributed by atoms with Gasteiger partial charge in [-0.05, 0) is 55.3 Å². The van der Waals surface area contributed by atoms with Crippen molar-refractivity contribution in [2.24, 2.45) is 0 Å². The lowest BCUT2D eigenvalue weighted by Gasteiger charge is -2.28. The van der Waals surface area contributed by atoms with E-state index >= 15 is 0 Å². The van der Waals surface area contributed by atoms with Crippen LogP contribution in [-0.4, -0.2) is 37.3 Å². The second-order valence-electron chi connectivity index (χ2n) is 7.41. The average molecular weight is 441 g/mol. The quantitative estimate of drug-likeness (QED) is 0.607. The summed E-state index contributed by atoms with van der Waals surface area (Å²) in [6, 6.07) is 10.2. The normalized spacial score (nSPS) is 14.6. The van der Waals surface area contributed by atoms with Gasteiger partial charge in [0.05, 0.1) is 10.5 Å². The number of carbonyl (C=O) groups excluding carboxylic acids is 1. The Morgan fingerprint density at radius 1 is 1.06 bits per heavy atom. The van der Waals surface area contributed by atoms with E-state index in [1.807, 2.05) is 0 Å². The van der Waals surface area contributed by atoms with Gasteiger partial charge in [0, 0.05) is 35.7 Å². The molecule has 0 spiro atoms. The summed E-state index contributed by atoms with van der Waals surface area (Å²) < 4.78 is 41.1. The number of carbonyl (C=O) groups is 1. The van der Waals surface area contributed by atoms with E-state index in [1.54, 1.807) is 4.90 Å². The molecule has 1 fully saturated rings. The fourth-order valence-corrected chi connectivity index (χ4v) is 4.59. The number of nitrogens with zero attached hydrogens (tertiary/aromatic N) is 1. The fourth-order valence-electron chi connectivity index (χ4n) is 3.51. The number of aromatic nitrogens is 1. The smallest absolute Gasteiger partial charge is 0.261 e. The number of pyridine rings is 1. The molecule has 1 amide bonds. The van der Waals surface area contributed by atoms with E-state index in [0.29, 0.717) is 36.8 Å². The number of sulfonamides is 1. The van der Waals surface area contributed by atoms with Crippen LogP contribution in [-0.2, 0) is 10.0 Å². The molecule has 4 rings (SSSR count). The highest BCUT2D eigenvalue weighted by Gasteiger charge is 2.23. The molecule has 0 bridgehead atoms. The molecule has 0 aliphatic carbocycles. The number of nitrogens with one attached hydrogen (secondary N) is 2. The number of amides is 1. The van der Waals surface area contributed by atoms with Crippen molar-refractivity contribution in [2.75, 3.05) is 17.8 Å². The topological polar surface area (TPSA) is 99.3 Å². The Morgan fingerprint density at radius 2 is 1.74 bits per heavy atom. The number of hydrogen-bond donors (Lipinski definition) is 2. The highest BCUT2D eigenvalue weighted by atomic mass is 32.2. The number of anilines is 1. The van der Waals surface area contributed by atoms with Crippen molar-refractivity contribution in [3.05, 3.63) is 82.4 Å².